The molecule has 110 valence electrons. The molecule has 19 heavy (non-hydrogen) atoms. The molecule has 2 atom stereocenters. The second-order valence-electron chi connectivity index (χ2n) is 4.92. The first-order chi connectivity index (χ1) is 8.43. The van der Waals surface area contributed by atoms with Gasteiger partial charge in [-0.25, -0.2) is 8.42 Å². The van der Waals surface area contributed by atoms with Crippen molar-refractivity contribution in [1.29, 1.82) is 0 Å². The van der Waals surface area contributed by atoms with Crippen molar-refractivity contribution < 1.29 is 47.6 Å². The van der Waals surface area contributed by atoms with E-state index in [4.69, 9.17) is 0 Å². The second-order valence-corrected chi connectivity index (χ2v) is 6.51. The molecule has 0 aromatic rings. The Morgan fingerprint density at radius 1 is 1.00 bits per heavy atom. The molecule has 0 aromatic heterocycles. The zero-order chi connectivity index (χ0) is 14.0. The van der Waals surface area contributed by atoms with Crippen LogP contribution in [-0.2, 0) is 10.1 Å². The second kappa shape index (κ2) is 12.6. The maximum absolute atomic E-state index is 10.9. The molecule has 0 amide bonds. The van der Waals surface area contributed by atoms with E-state index in [2.05, 4.69) is 6.92 Å². The number of rotatable bonds is 11. The standard InChI is InChI=1S/C13H28O4S.Na/c1-3-5-6-7-8-9-10-11-12(14)13(4-2)18(15,16)17;/h12-14H,3-11H2,1-2H3,(H,15,16,17);/q;+1/p-1. The zero-order valence-corrected chi connectivity index (χ0v) is 15.4. The van der Waals surface area contributed by atoms with Crippen molar-refractivity contribution in [2.45, 2.75) is 83.0 Å². The molecule has 0 fully saturated rings. The van der Waals surface area contributed by atoms with E-state index in [-0.39, 0.29) is 36.0 Å². The van der Waals surface area contributed by atoms with Crippen LogP contribution in [-0.4, -0.2) is 29.4 Å². The fourth-order valence-corrected chi connectivity index (χ4v) is 3.09. The van der Waals surface area contributed by atoms with Crippen molar-refractivity contribution in [2.24, 2.45) is 0 Å². The van der Waals surface area contributed by atoms with Gasteiger partial charge in [-0.15, -0.1) is 0 Å². The molecular weight excluding hydrogens is 275 g/mol. The number of hydrogen-bond donors (Lipinski definition) is 1. The Kier molecular flexibility index (Phi) is 14.7. The Morgan fingerprint density at radius 2 is 1.47 bits per heavy atom. The van der Waals surface area contributed by atoms with Gasteiger partial charge in [0, 0.05) is 0 Å². The summed E-state index contributed by atoms with van der Waals surface area (Å²) in [5.74, 6) is 0. The van der Waals surface area contributed by atoms with Crippen LogP contribution in [0.1, 0.15) is 71.6 Å². The monoisotopic (exact) mass is 302 g/mol. The Balaban J connectivity index is 0. The van der Waals surface area contributed by atoms with Crippen LogP contribution in [0.5, 0.6) is 0 Å². The van der Waals surface area contributed by atoms with Crippen molar-refractivity contribution in [3.63, 3.8) is 0 Å². The first-order valence-electron chi connectivity index (χ1n) is 7.06. The Bertz CT molecular complexity index is 293. The summed E-state index contributed by atoms with van der Waals surface area (Å²) < 4.78 is 32.7. The van der Waals surface area contributed by atoms with E-state index in [1.165, 1.54) is 25.7 Å². The molecule has 0 saturated heterocycles. The number of aliphatic hydroxyl groups excluding tert-OH is 1. The summed E-state index contributed by atoms with van der Waals surface area (Å²) in [6.07, 6.45) is 7.41. The van der Waals surface area contributed by atoms with Gasteiger partial charge in [-0.3, -0.25) is 0 Å². The van der Waals surface area contributed by atoms with Crippen molar-refractivity contribution in [3.8, 4) is 0 Å². The smallest absolute Gasteiger partial charge is 0.748 e. The van der Waals surface area contributed by atoms with Crippen molar-refractivity contribution in [2.75, 3.05) is 0 Å². The summed E-state index contributed by atoms with van der Waals surface area (Å²) in [7, 11) is -4.37. The number of hydrogen-bond acceptors (Lipinski definition) is 4. The van der Waals surface area contributed by atoms with Crippen molar-refractivity contribution in [3.05, 3.63) is 0 Å². The van der Waals surface area contributed by atoms with Crippen LogP contribution in [0.25, 0.3) is 0 Å². The van der Waals surface area contributed by atoms with E-state index in [1.54, 1.807) is 6.92 Å². The third kappa shape index (κ3) is 11.2. The van der Waals surface area contributed by atoms with Crippen LogP contribution in [0, 0.1) is 0 Å². The van der Waals surface area contributed by atoms with Gasteiger partial charge in [0.15, 0.2) is 0 Å². The topological polar surface area (TPSA) is 77.4 Å². The maximum atomic E-state index is 10.9. The molecule has 0 aromatic carbocycles. The van der Waals surface area contributed by atoms with Crippen LogP contribution in [0.4, 0.5) is 0 Å². The fraction of sp³-hybridized carbons (Fsp3) is 1.00. The third-order valence-corrected chi connectivity index (χ3v) is 4.69. The first-order valence-corrected chi connectivity index (χ1v) is 8.53. The quantitative estimate of drug-likeness (QED) is 0.326. The van der Waals surface area contributed by atoms with Crippen LogP contribution < -0.4 is 29.6 Å². The van der Waals surface area contributed by atoms with Crippen LogP contribution >= 0.6 is 0 Å². The van der Waals surface area contributed by atoms with Gasteiger partial charge in [-0.05, 0) is 12.8 Å². The Labute approximate surface area is 140 Å². The molecule has 0 bridgehead atoms. The molecule has 0 heterocycles. The molecule has 0 aliphatic carbocycles. The molecule has 2 unspecified atom stereocenters. The number of aliphatic hydroxyl groups is 1. The minimum absolute atomic E-state index is 0. The van der Waals surface area contributed by atoms with Crippen molar-refractivity contribution >= 4 is 10.1 Å². The summed E-state index contributed by atoms with van der Waals surface area (Å²) in [6.45, 7) is 3.79. The van der Waals surface area contributed by atoms with Gasteiger partial charge < -0.3 is 9.66 Å². The van der Waals surface area contributed by atoms with Gasteiger partial charge in [0.2, 0.25) is 0 Å². The molecule has 0 spiro atoms. The minimum Gasteiger partial charge on any atom is -0.748 e. The van der Waals surface area contributed by atoms with Gasteiger partial charge >= 0.3 is 29.6 Å². The minimum atomic E-state index is -4.37. The predicted octanol–water partition coefficient (Wildman–Crippen LogP) is -0.184. The molecular formula is C13H27NaO4S. The zero-order valence-electron chi connectivity index (χ0n) is 12.6. The van der Waals surface area contributed by atoms with Gasteiger partial charge in [0.05, 0.1) is 11.4 Å². The molecule has 0 radical (unpaired) electrons. The molecule has 0 aliphatic rings. The van der Waals surface area contributed by atoms with Crippen molar-refractivity contribution in [1.82, 2.24) is 0 Å². The SMILES string of the molecule is CCCCCCCCCC(O)C(CC)S(=O)(=O)[O-].[Na+]. The predicted molar refractivity (Wildman–Crippen MR) is 72.4 cm³/mol. The fourth-order valence-electron chi connectivity index (χ4n) is 2.17. The largest absolute Gasteiger partial charge is 1.00 e. The van der Waals surface area contributed by atoms with Crippen LogP contribution in [0.15, 0.2) is 0 Å². The average molecular weight is 302 g/mol. The van der Waals surface area contributed by atoms with E-state index < -0.39 is 21.5 Å². The number of unbranched alkanes of at least 4 members (excludes halogenated alkanes) is 6. The van der Waals surface area contributed by atoms with Gasteiger partial charge in [0.1, 0.15) is 10.1 Å². The van der Waals surface area contributed by atoms with E-state index in [0.717, 1.165) is 19.3 Å². The van der Waals surface area contributed by atoms with E-state index in [1.807, 2.05) is 0 Å². The summed E-state index contributed by atoms with van der Waals surface area (Å²) in [5.41, 5.74) is 0. The summed E-state index contributed by atoms with van der Waals surface area (Å²) in [4.78, 5) is 0. The molecule has 1 N–H and O–H groups in total. The molecule has 6 heteroatoms. The van der Waals surface area contributed by atoms with Crippen LogP contribution in [0.3, 0.4) is 0 Å². The molecule has 0 saturated carbocycles. The van der Waals surface area contributed by atoms with Gasteiger partial charge in [-0.1, -0.05) is 58.8 Å². The maximum Gasteiger partial charge on any atom is 1.00 e. The Hall–Kier alpha value is 0.870. The normalized spacial score (nSPS) is 14.7. The van der Waals surface area contributed by atoms with E-state index in [0.29, 0.717) is 6.42 Å². The Morgan fingerprint density at radius 3 is 1.89 bits per heavy atom. The van der Waals surface area contributed by atoms with E-state index in [9.17, 15) is 18.1 Å². The van der Waals surface area contributed by atoms with Crippen LogP contribution in [0.2, 0.25) is 0 Å². The van der Waals surface area contributed by atoms with Gasteiger partial charge in [0.25, 0.3) is 0 Å². The third-order valence-electron chi connectivity index (χ3n) is 3.31. The van der Waals surface area contributed by atoms with Gasteiger partial charge in [-0.2, -0.15) is 0 Å². The average Bonchev–Trinajstić information content (AvgIpc) is 2.27. The first kappa shape index (κ1) is 22.2. The molecule has 0 rings (SSSR count). The summed E-state index contributed by atoms with van der Waals surface area (Å²) in [5, 5.41) is 8.57. The molecule has 4 nitrogen and oxygen atoms in total. The molecule has 0 aliphatic heterocycles. The summed E-state index contributed by atoms with van der Waals surface area (Å²) >= 11 is 0. The van der Waals surface area contributed by atoms with E-state index >= 15 is 0 Å². The summed E-state index contributed by atoms with van der Waals surface area (Å²) in [6, 6.07) is 0.